The van der Waals surface area contributed by atoms with Gasteiger partial charge in [0.05, 0.1) is 17.6 Å². The molecule has 80 valence electrons. The molecule has 0 saturated carbocycles. The highest BCUT2D eigenvalue weighted by atomic mass is 16.2. The molecule has 0 aromatic heterocycles. The first-order valence-electron chi connectivity index (χ1n) is 4.88. The third-order valence-corrected chi connectivity index (χ3v) is 2.70. The summed E-state index contributed by atoms with van der Waals surface area (Å²) in [5, 5.41) is 20.3. The van der Waals surface area contributed by atoms with Crippen LogP contribution in [0.25, 0.3) is 0 Å². The first-order chi connectivity index (χ1) is 7.14. The lowest BCUT2D eigenvalue weighted by Gasteiger charge is -2.27. The van der Waals surface area contributed by atoms with Gasteiger partial charge in [-0.1, -0.05) is 0 Å². The highest BCUT2D eigenvalue weighted by molar-refractivity contribution is 5.83. The molecule has 1 heterocycles. The van der Waals surface area contributed by atoms with Crippen molar-refractivity contribution in [1.82, 2.24) is 10.2 Å². The van der Waals surface area contributed by atoms with Crippen LogP contribution in [0.2, 0.25) is 0 Å². The standard InChI is InChI=1S/C10H14N4O/c1-10(2-5-13-8-10)9(15)14(6-3-11)7-4-12/h13H,2,5-8H2,1H3. The number of nitrogens with one attached hydrogen (secondary N) is 1. The van der Waals surface area contributed by atoms with E-state index in [0.29, 0.717) is 6.54 Å². The van der Waals surface area contributed by atoms with E-state index in [1.165, 1.54) is 4.90 Å². The lowest BCUT2D eigenvalue weighted by molar-refractivity contribution is -0.139. The van der Waals surface area contributed by atoms with Crippen LogP contribution in [0.5, 0.6) is 0 Å². The number of nitrogens with zero attached hydrogens (tertiary/aromatic N) is 3. The lowest BCUT2D eigenvalue weighted by Crippen LogP contribution is -2.44. The lowest BCUT2D eigenvalue weighted by atomic mass is 9.88. The molecule has 0 aromatic carbocycles. The van der Waals surface area contributed by atoms with Gasteiger partial charge in [-0.25, -0.2) is 0 Å². The van der Waals surface area contributed by atoms with Crippen molar-refractivity contribution >= 4 is 5.91 Å². The Morgan fingerprint density at radius 1 is 1.47 bits per heavy atom. The summed E-state index contributed by atoms with van der Waals surface area (Å²) in [4.78, 5) is 13.3. The molecule has 0 aliphatic carbocycles. The highest BCUT2D eigenvalue weighted by Crippen LogP contribution is 2.26. The van der Waals surface area contributed by atoms with E-state index in [-0.39, 0.29) is 19.0 Å². The minimum absolute atomic E-state index is 0.0119. The second kappa shape index (κ2) is 4.77. The fraction of sp³-hybridized carbons (Fsp3) is 0.700. The Morgan fingerprint density at radius 3 is 2.47 bits per heavy atom. The molecule has 0 bridgehead atoms. The summed E-state index contributed by atoms with van der Waals surface area (Å²) in [6, 6.07) is 3.82. The molecule has 0 radical (unpaired) electrons. The smallest absolute Gasteiger partial charge is 0.231 e. The predicted octanol–water partition coefficient (Wildman–Crippen LogP) is -0.138. The average molecular weight is 206 g/mol. The van der Waals surface area contributed by atoms with Gasteiger partial charge < -0.3 is 10.2 Å². The number of amides is 1. The summed E-state index contributed by atoms with van der Waals surface area (Å²) in [5.41, 5.74) is -0.451. The van der Waals surface area contributed by atoms with Crippen LogP contribution in [-0.2, 0) is 4.79 Å². The predicted molar refractivity (Wildman–Crippen MR) is 53.4 cm³/mol. The van der Waals surface area contributed by atoms with Crippen LogP contribution in [0.3, 0.4) is 0 Å². The van der Waals surface area contributed by atoms with Crippen molar-refractivity contribution in [2.75, 3.05) is 26.2 Å². The Hall–Kier alpha value is -1.59. The maximum atomic E-state index is 12.0. The van der Waals surface area contributed by atoms with Crippen LogP contribution in [0.15, 0.2) is 0 Å². The van der Waals surface area contributed by atoms with Gasteiger partial charge in [0.15, 0.2) is 0 Å². The number of rotatable bonds is 3. The number of carbonyl (C=O) groups excluding carboxylic acids is 1. The molecule has 1 atom stereocenters. The summed E-state index contributed by atoms with van der Waals surface area (Å²) in [7, 11) is 0. The van der Waals surface area contributed by atoms with Gasteiger partial charge in [-0.15, -0.1) is 0 Å². The Balaban J connectivity index is 2.72. The van der Waals surface area contributed by atoms with Gasteiger partial charge in [-0.2, -0.15) is 10.5 Å². The molecule has 0 spiro atoms. The van der Waals surface area contributed by atoms with E-state index >= 15 is 0 Å². The molecule has 1 N–H and O–H groups in total. The topological polar surface area (TPSA) is 79.9 Å². The maximum Gasteiger partial charge on any atom is 0.231 e. The zero-order valence-corrected chi connectivity index (χ0v) is 8.79. The van der Waals surface area contributed by atoms with Crippen molar-refractivity contribution in [3.63, 3.8) is 0 Å². The molecular formula is C10H14N4O. The molecule has 1 fully saturated rings. The highest BCUT2D eigenvalue weighted by Gasteiger charge is 2.39. The number of hydrogen-bond acceptors (Lipinski definition) is 4. The van der Waals surface area contributed by atoms with Gasteiger partial charge in [-0.3, -0.25) is 4.79 Å². The van der Waals surface area contributed by atoms with Gasteiger partial charge in [0.2, 0.25) is 5.91 Å². The SMILES string of the molecule is CC1(C(=O)N(CC#N)CC#N)CCNC1. The maximum absolute atomic E-state index is 12.0. The van der Waals surface area contributed by atoms with E-state index in [4.69, 9.17) is 10.5 Å². The zero-order chi connectivity index (χ0) is 11.3. The molecule has 15 heavy (non-hydrogen) atoms. The summed E-state index contributed by atoms with van der Waals surface area (Å²) < 4.78 is 0. The van der Waals surface area contributed by atoms with Crippen LogP contribution >= 0.6 is 0 Å². The van der Waals surface area contributed by atoms with E-state index < -0.39 is 5.41 Å². The molecule has 0 aromatic rings. The van der Waals surface area contributed by atoms with E-state index in [1.807, 2.05) is 19.1 Å². The van der Waals surface area contributed by atoms with E-state index in [1.54, 1.807) is 0 Å². The number of carbonyl (C=O) groups is 1. The molecule has 1 aliphatic heterocycles. The fourth-order valence-electron chi connectivity index (χ4n) is 1.75. The fourth-order valence-corrected chi connectivity index (χ4v) is 1.75. The number of nitriles is 2. The second-order valence-corrected chi connectivity index (χ2v) is 3.96. The zero-order valence-electron chi connectivity index (χ0n) is 8.79. The number of hydrogen-bond donors (Lipinski definition) is 1. The summed E-state index contributed by atoms with van der Waals surface area (Å²) in [6.07, 6.45) is 0.763. The summed E-state index contributed by atoms with van der Waals surface area (Å²) >= 11 is 0. The summed E-state index contributed by atoms with van der Waals surface area (Å²) in [6.45, 7) is 3.29. The van der Waals surface area contributed by atoms with Gasteiger partial charge >= 0.3 is 0 Å². The molecule has 5 nitrogen and oxygen atoms in total. The molecule has 1 unspecified atom stereocenters. The molecule has 1 amide bonds. The third kappa shape index (κ3) is 2.45. The van der Waals surface area contributed by atoms with Gasteiger partial charge in [0, 0.05) is 6.54 Å². The van der Waals surface area contributed by atoms with E-state index in [0.717, 1.165) is 13.0 Å². The monoisotopic (exact) mass is 206 g/mol. The van der Waals surface area contributed by atoms with Crippen LogP contribution < -0.4 is 5.32 Å². The molecular weight excluding hydrogens is 192 g/mol. The molecule has 1 aliphatic rings. The quantitative estimate of drug-likeness (QED) is 0.652. The van der Waals surface area contributed by atoms with Crippen molar-refractivity contribution in [3.05, 3.63) is 0 Å². The largest absolute Gasteiger partial charge is 0.316 e. The van der Waals surface area contributed by atoms with Crippen LogP contribution in [0.1, 0.15) is 13.3 Å². The Labute approximate surface area is 89.3 Å². The van der Waals surface area contributed by atoms with E-state index in [2.05, 4.69) is 5.32 Å². The summed E-state index contributed by atoms with van der Waals surface area (Å²) in [5.74, 6) is -0.101. The first-order valence-corrected chi connectivity index (χ1v) is 4.88. The van der Waals surface area contributed by atoms with Crippen LogP contribution in [-0.4, -0.2) is 37.0 Å². The van der Waals surface area contributed by atoms with E-state index in [9.17, 15) is 4.79 Å². The Kier molecular flexibility index (Phi) is 3.65. The Morgan fingerprint density at radius 2 is 2.07 bits per heavy atom. The van der Waals surface area contributed by atoms with Crippen molar-refractivity contribution in [2.24, 2.45) is 5.41 Å². The van der Waals surface area contributed by atoms with Crippen LogP contribution in [0.4, 0.5) is 0 Å². The van der Waals surface area contributed by atoms with Crippen LogP contribution in [0, 0.1) is 28.1 Å². The van der Waals surface area contributed by atoms with Crippen molar-refractivity contribution in [1.29, 1.82) is 10.5 Å². The first kappa shape index (κ1) is 11.5. The van der Waals surface area contributed by atoms with Crippen molar-refractivity contribution in [2.45, 2.75) is 13.3 Å². The third-order valence-electron chi connectivity index (χ3n) is 2.70. The minimum atomic E-state index is -0.451. The van der Waals surface area contributed by atoms with Gasteiger partial charge in [0.1, 0.15) is 13.1 Å². The van der Waals surface area contributed by atoms with Crippen molar-refractivity contribution < 1.29 is 4.79 Å². The Bertz CT molecular complexity index is 303. The van der Waals surface area contributed by atoms with Crippen molar-refractivity contribution in [3.8, 4) is 12.1 Å². The molecule has 1 saturated heterocycles. The minimum Gasteiger partial charge on any atom is -0.316 e. The second-order valence-electron chi connectivity index (χ2n) is 3.96. The average Bonchev–Trinajstić information content (AvgIpc) is 2.65. The molecule has 5 heteroatoms. The van der Waals surface area contributed by atoms with Gasteiger partial charge in [-0.05, 0) is 19.9 Å². The van der Waals surface area contributed by atoms with Gasteiger partial charge in [0.25, 0.3) is 0 Å². The normalized spacial score (nSPS) is 24.2. The molecule has 1 rings (SSSR count).